The highest BCUT2D eigenvalue weighted by atomic mass is 32.1. The number of nitrogens with zero attached hydrogens (tertiary/aromatic N) is 1. The van der Waals surface area contributed by atoms with Gasteiger partial charge in [-0.1, -0.05) is 140 Å². The highest BCUT2D eigenvalue weighted by Gasteiger charge is 2.21. The summed E-state index contributed by atoms with van der Waals surface area (Å²) in [6.45, 7) is 0. The zero-order valence-electron chi connectivity index (χ0n) is 28.7. The molecule has 11 rings (SSSR count). The number of para-hydroxylation sites is 3. The SMILES string of the molecule is c1ccc(N(c2ccc3ccccc3c2)c2cccc3sc4c5ccccc5c(-c5ccc(-c6cccc7c6oc6ccccc67)cc5)cc4c23)cc1. The predicted molar refractivity (Wildman–Crippen MR) is 227 cm³/mol. The second-order valence-corrected chi connectivity index (χ2v) is 14.7. The first-order valence-electron chi connectivity index (χ1n) is 18.0. The minimum Gasteiger partial charge on any atom is -0.455 e. The summed E-state index contributed by atoms with van der Waals surface area (Å²) in [6.07, 6.45) is 0. The third kappa shape index (κ3) is 4.78. The third-order valence-electron chi connectivity index (χ3n) is 10.6. The Labute approximate surface area is 310 Å². The van der Waals surface area contributed by atoms with Crippen LogP contribution in [-0.4, -0.2) is 0 Å². The van der Waals surface area contributed by atoms with Gasteiger partial charge in [0.2, 0.25) is 0 Å². The second-order valence-electron chi connectivity index (χ2n) is 13.7. The second kappa shape index (κ2) is 11.9. The molecule has 3 heteroatoms. The summed E-state index contributed by atoms with van der Waals surface area (Å²) in [5.41, 5.74) is 9.95. The molecule has 0 unspecified atom stereocenters. The van der Waals surface area contributed by atoms with E-state index in [-0.39, 0.29) is 0 Å². The molecule has 2 nitrogen and oxygen atoms in total. The molecule has 0 saturated carbocycles. The van der Waals surface area contributed by atoms with E-state index in [4.69, 9.17) is 4.42 Å². The summed E-state index contributed by atoms with van der Waals surface area (Å²) in [5.74, 6) is 0. The smallest absolute Gasteiger partial charge is 0.143 e. The van der Waals surface area contributed by atoms with Gasteiger partial charge < -0.3 is 9.32 Å². The summed E-state index contributed by atoms with van der Waals surface area (Å²) < 4.78 is 8.99. The molecule has 0 aliphatic heterocycles. The minimum atomic E-state index is 0.917. The van der Waals surface area contributed by atoms with Crippen molar-refractivity contribution in [2.45, 2.75) is 0 Å². The van der Waals surface area contributed by atoms with Crippen LogP contribution in [0, 0.1) is 0 Å². The van der Waals surface area contributed by atoms with Gasteiger partial charge in [-0.2, -0.15) is 0 Å². The van der Waals surface area contributed by atoms with E-state index in [1.54, 1.807) is 0 Å². The number of furan rings is 1. The van der Waals surface area contributed by atoms with E-state index in [0.29, 0.717) is 0 Å². The molecule has 9 aromatic carbocycles. The minimum absolute atomic E-state index is 0.917. The zero-order valence-corrected chi connectivity index (χ0v) is 29.5. The molecule has 0 aliphatic carbocycles. The van der Waals surface area contributed by atoms with Gasteiger partial charge in [-0.25, -0.2) is 0 Å². The molecule has 0 bridgehead atoms. The van der Waals surface area contributed by atoms with Crippen LogP contribution in [-0.2, 0) is 0 Å². The van der Waals surface area contributed by atoms with Crippen molar-refractivity contribution in [2.24, 2.45) is 0 Å². The van der Waals surface area contributed by atoms with Gasteiger partial charge in [-0.15, -0.1) is 11.3 Å². The Hall–Kier alpha value is -6.68. The van der Waals surface area contributed by atoms with Crippen LogP contribution < -0.4 is 4.90 Å². The van der Waals surface area contributed by atoms with Crippen LogP contribution in [0.3, 0.4) is 0 Å². The van der Waals surface area contributed by atoms with Gasteiger partial charge in [0.05, 0.1) is 5.69 Å². The summed E-state index contributed by atoms with van der Waals surface area (Å²) in [4.78, 5) is 2.42. The molecule has 11 aromatic rings. The monoisotopic (exact) mass is 693 g/mol. The molecule has 0 spiro atoms. The largest absolute Gasteiger partial charge is 0.455 e. The molecular weight excluding hydrogens is 663 g/mol. The fourth-order valence-electron chi connectivity index (χ4n) is 8.18. The lowest BCUT2D eigenvalue weighted by Gasteiger charge is -2.27. The zero-order chi connectivity index (χ0) is 34.9. The Kier molecular flexibility index (Phi) is 6.76. The van der Waals surface area contributed by atoms with E-state index in [1.165, 1.54) is 58.5 Å². The van der Waals surface area contributed by atoms with Crippen molar-refractivity contribution < 1.29 is 4.42 Å². The highest BCUT2D eigenvalue weighted by molar-refractivity contribution is 7.26. The molecule has 0 radical (unpaired) electrons. The number of fused-ring (bicyclic) bond motifs is 9. The van der Waals surface area contributed by atoms with E-state index in [9.17, 15) is 0 Å². The summed E-state index contributed by atoms with van der Waals surface area (Å²) in [5, 5.41) is 9.83. The molecule has 0 saturated heterocycles. The normalized spacial score (nSPS) is 11.8. The lowest BCUT2D eigenvalue weighted by molar-refractivity contribution is 0.670. The molecular formula is C50H31NOS. The lowest BCUT2D eigenvalue weighted by Crippen LogP contribution is -2.10. The fraction of sp³-hybridized carbons (Fsp3) is 0. The van der Waals surface area contributed by atoms with E-state index in [0.717, 1.165) is 44.4 Å². The van der Waals surface area contributed by atoms with E-state index < -0.39 is 0 Å². The molecule has 0 N–H and O–H groups in total. The Morgan fingerprint density at radius 2 is 1.09 bits per heavy atom. The van der Waals surface area contributed by atoms with Gasteiger partial charge in [0, 0.05) is 53.3 Å². The van der Waals surface area contributed by atoms with Gasteiger partial charge in [0.1, 0.15) is 11.2 Å². The molecule has 248 valence electrons. The maximum Gasteiger partial charge on any atom is 0.143 e. The van der Waals surface area contributed by atoms with Crippen molar-refractivity contribution in [1.82, 2.24) is 0 Å². The van der Waals surface area contributed by atoms with Crippen LogP contribution in [0.15, 0.2) is 192 Å². The average Bonchev–Trinajstić information content (AvgIpc) is 3.80. The van der Waals surface area contributed by atoms with Gasteiger partial charge in [-0.05, 0) is 81.4 Å². The predicted octanol–water partition coefficient (Wildman–Crippen LogP) is 15.1. The number of benzene rings is 9. The number of hydrogen-bond acceptors (Lipinski definition) is 3. The molecule has 0 amide bonds. The van der Waals surface area contributed by atoms with Crippen LogP contribution in [0.4, 0.5) is 17.1 Å². The molecule has 53 heavy (non-hydrogen) atoms. The Balaban J connectivity index is 1.11. The van der Waals surface area contributed by atoms with Crippen molar-refractivity contribution in [3.8, 4) is 22.3 Å². The Morgan fingerprint density at radius 3 is 1.94 bits per heavy atom. The number of anilines is 3. The van der Waals surface area contributed by atoms with Crippen LogP contribution in [0.1, 0.15) is 0 Å². The van der Waals surface area contributed by atoms with Crippen LogP contribution >= 0.6 is 11.3 Å². The summed E-state index contributed by atoms with van der Waals surface area (Å²) in [6, 6.07) is 67.9. The van der Waals surface area contributed by atoms with E-state index >= 15 is 0 Å². The van der Waals surface area contributed by atoms with Crippen molar-refractivity contribution in [1.29, 1.82) is 0 Å². The first-order chi connectivity index (χ1) is 26.3. The number of thiophene rings is 1. The number of rotatable bonds is 5. The Morgan fingerprint density at radius 1 is 0.415 bits per heavy atom. The molecule has 0 atom stereocenters. The third-order valence-corrected chi connectivity index (χ3v) is 11.8. The maximum absolute atomic E-state index is 6.40. The van der Waals surface area contributed by atoms with Gasteiger partial charge in [0.25, 0.3) is 0 Å². The van der Waals surface area contributed by atoms with Gasteiger partial charge in [0.15, 0.2) is 0 Å². The maximum atomic E-state index is 6.40. The van der Waals surface area contributed by atoms with Crippen molar-refractivity contribution >= 4 is 92.1 Å². The molecule has 2 heterocycles. The summed E-state index contributed by atoms with van der Waals surface area (Å²) in [7, 11) is 0. The number of hydrogen-bond donors (Lipinski definition) is 0. The van der Waals surface area contributed by atoms with Gasteiger partial charge in [-0.3, -0.25) is 0 Å². The lowest BCUT2D eigenvalue weighted by atomic mass is 9.93. The standard InChI is InChI=1S/C50H31NOS/c1-2-14-36(15-3-1)51(37-29-28-32-12-4-5-13-35(32)30-37)45-21-11-23-47-48(45)44-31-43(39-16-6-7-18-42(39)50(44)53-47)34-26-24-33(25-27-34)38-19-10-20-41-40-17-8-9-22-46(40)52-49(38)41/h1-31H. The fourth-order valence-corrected chi connectivity index (χ4v) is 9.42. The molecule has 2 aromatic heterocycles. The Bertz CT molecular complexity index is 3170. The van der Waals surface area contributed by atoms with Crippen LogP contribution in [0.25, 0.3) is 85.9 Å². The van der Waals surface area contributed by atoms with Crippen molar-refractivity contribution in [2.75, 3.05) is 4.90 Å². The van der Waals surface area contributed by atoms with Crippen molar-refractivity contribution in [3.63, 3.8) is 0 Å². The molecule has 0 fully saturated rings. The van der Waals surface area contributed by atoms with E-state index in [1.807, 2.05) is 23.5 Å². The quantitative estimate of drug-likeness (QED) is 0.178. The summed E-state index contributed by atoms with van der Waals surface area (Å²) >= 11 is 1.88. The topological polar surface area (TPSA) is 16.4 Å². The van der Waals surface area contributed by atoms with Crippen LogP contribution in [0.2, 0.25) is 0 Å². The van der Waals surface area contributed by atoms with Crippen molar-refractivity contribution in [3.05, 3.63) is 188 Å². The van der Waals surface area contributed by atoms with E-state index in [2.05, 4.69) is 181 Å². The average molecular weight is 694 g/mol. The highest BCUT2D eigenvalue weighted by Crippen LogP contribution is 2.49. The first kappa shape index (κ1) is 30.0. The van der Waals surface area contributed by atoms with Crippen LogP contribution in [0.5, 0.6) is 0 Å². The molecule has 0 aliphatic rings. The first-order valence-corrected chi connectivity index (χ1v) is 18.8. The van der Waals surface area contributed by atoms with Gasteiger partial charge >= 0.3 is 0 Å².